The summed E-state index contributed by atoms with van der Waals surface area (Å²) in [6.45, 7) is 3.99. The van der Waals surface area contributed by atoms with E-state index in [-0.39, 0.29) is 16.6 Å². The van der Waals surface area contributed by atoms with Crippen LogP contribution < -0.4 is 15.9 Å². The van der Waals surface area contributed by atoms with Gasteiger partial charge >= 0.3 is 0 Å². The highest BCUT2D eigenvalue weighted by Gasteiger charge is 2.24. The minimum Gasteiger partial charge on any atom is -0.494 e. The molecule has 0 bridgehead atoms. The third-order valence-corrected chi connectivity index (χ3v) is 3.48. The molecule has 1 heterocycles. The van der Waals surface area contributed by atoms with Crippen molar-refractivity contribution in [3.05, 3.63) is 24.3 Å². The molecule has 1 fully saturated rings. The van der Waals surface area contributed by atoms with E-state index >= 15 is 0 Å². The second kappa shape index (κ2) is 7.74. The molecule has 2 rings (SSSR count). The molecule has 7 heteroatoms. The number of hydrogen-bond donors (Lipinski definition) is 2. The van der Waals surface area contributed by atoms with E-state index in [9.17, 15) is 4.79 Å². The first kappa shape index (κ1) is 16.2. The lowest BCUT2D eigenvalue weighted by atomic mass is 10.3. The number of benzene rings is 1. The molecule has 0 spiro atoms. The molecule has 1 aliphatic rings. The molecule has 6 nitrogen and oxygen atoms in total. The van der Waals surface area contributed by atoms with Crippen LogP contribution in [0, 0.1) is 0 Å². The quantitative estimate of drug-likeness (QED) is 0.474. The highest BCUT2D eigenvalue weighted by molar-refractivity contribution is 7.82. The number of hydrazone groups is 1. The molecule has 1 saturated heterocycles. The summed E-state index contributed by atoms with van der Waals surface area (Å²) in [5.41, 5.74) is 9.26. The van der Waals surface area contributed by atoms with Gasteiger partial charge in [-0.1, -0.05) is 12.2 Å². The van der Waals surface area contributed by atoms with Crippen LogP contribution in [-0.2, 0) is 4.79 Å². The maximum absolute atomic E-state index is 12.3. The molecule has 0 aliphatic carbocycles. The van der Waals surface area contributed by atoms with E-state index in [0.717, 1.165) is 37.4 Å². The van der Waals surface area contributed by atoms with Gasteiger partial charge in [0, 0.05) is 13.1 Å². The molecule has 22 heavy (non-hydrogen) atoms. The van der Waals surface area contributed by atoms with Crippen LogP contribution in [0.2, 0.25) is 0 Å². The molecule has 1 aromatic carbocycles. The molecule has 0 atom stereocenters. The van der Waals surface area contributed by atoms with Crippen LogP contribution >= 0.6 is 12.2 Å². The first-order valence-corrected chi connectivity index (χ1v) is 7.68. The molecule has 0 aromatic heterocycles. The summed E-state index contributed by atoms with van der Waals surface area (Å²) in [4.78, 5) is 14.0. The number of amides is 1. The van der Waals surface area contributed by atoms with Crippen molar-refractivity contribution >= 4 is 34.5 Å². The van der Waals surface area contributed by atoms with Crippen LogP contribution in [0.4, 0.5) is 5.69 Å². The fraction of sp³-hybridized carbons (Fsp3) is 0.400. The van der Waals surface area contributed by atoms with Gasteiger partial charge in [-0.3, -0.25) is 10.2 Å². The first-order chi connectivity index (χ1) is 10.6. The summed E-state index contributed by atoms with van der Waals surface area (Å²) in [5, 5.41) is 4.08. The number of carbonyl (C=O) groups excluding carboxylic acids is 1. The van der Waals surface area contributed by atoms with Crippen molar-refractivity contribution in [1.29, 1.82) is 0 Å². The smallest absolute Gasteiger partial charge is 0.277 e. The summed E-state index contributed by atoms with van der Waals surface area (Å²) in [5.74, 6) is 0.558. The van der Waals surface area contributed by atoms with Gasteiger partial charge in [-0.05, 0) is 44.0 Å². The normalized spacial score (nSPS) is 14.8. The molecule has 1 aliphatic heterocycles. The Balaban J connectivity index is 2.06. The Bertz CT molecular complexity index is 565. The molecular formula is C15H20N4O2S. The number of carbonyl (C=O) groups is 1. The predicted octanol–water partition coefficient (Wildman–Crippen LogP) is 1.76. The summed E-state index contributed by atoms with van der Waals surface area (Å²) in [6, 6.07) is 7.27. The van der Waals surface area contributed by atoms with E-state index in [0.29, 0.717) is 6.61 Å². The fourth-order valence-corrected chi connectivity index (χ4v) is 2.32. The van der Waals surface area contributed by atoms with Crippen molar-refractivity contribution in [2.24, 2.45) is 10.8 Å². The predicted molar refractivity (Wildman–Crippen MR) is 91.3 cm³/mol. The molecular weight excluding hydrogens is 300 g/mol. The minimum absolute atomic E-state index is 0.00432. The topological polar surface area (TPSA) is 80.0 Å². The molecule has 3 N–H and O–H groups in total. The van der Waals surface area contributed by atoms with E-state index < -0.39 is 0 Å². The van der Waals surface area contributed by atoms with Gasteiger partial charge in [-0.15, -0.1) is 0 Å². The van der Waals surface area contributed by atoms with Crippen molar-refractivity contribution in [2.45, 2.75) is 19.8 Å². The molecule has 1 aromatic rings. The number of nitrogens with two attached hydrogens (primary N) is 1. The van der Waals surface area contributed by atoms with Gasteiger partial charge in [0.25, 0.3) is 5.91 Å². The van der Waals surface area contributed by atoms with Crippen molar-refractivity contribution in [2.75, 3.05) is 25.1 Å². The standard InChI is InChI=1S/C15H20N4O2S/c1-2-21-12-7-5-11(6-8-12)17-18-13(14(16)22)15(20)19-9-3-4-10-19/h5-8,17H,2-4,9-10H2,1H3,(H2,16,22). The lowest BCUT2D eigenvalue weighted by Crippen LogP contribution is -2.40. The van der Waals surface area contributed by atoms with Crippen molar-refractivity contribution in [3.8, 4) is 5.75 Å². The highest BCUT2D eigenvalue weighted by atomic mass is 32.1. The average Bonchev–Trinajstić information content (AvgIpc) is 3.03. The van der Waals surface area contributed by atoms with E-state index in [1.807, 2.05) is 31.2 Å². The molecule has 0 unspecified atom stereocenters. The van der Waals surface area contributed by atoms with Gasteiger partial charge in [-0.25, -0.2) is 0 Å². The highest BCUT2D eigenvalue weighted by Crippen LogP contribution is 2.15. The van der Waals surface area contributed by atoms with Crippen LogP contribution in [0.5, 0.6) is 5.75 Å². The van der Waals surface area contributed by atoms with Gasteiger partial charge in [-0.2, -0.15) is 5.10 Å². The summed E-state index contributed by atoms with van der Waals surface area (Å²) in [7, 11) is 0. The van der Waals surface area contributed by atoms with E-state index in [1.165, 1.54) is 0 Å². The Morgan fingerprint density at radius 2 is 2.00 bits per heavy atom. The average molecular weight is 320 g/mol. The SMILES string of the molecule is CCOc1ccc(NN=C(C(=O)N2CCCC2)C(N)=S)cc1. The van der Waals surface area contributed by atoms with Crippen LogP contribution in [-0.4, -0.2) is 41.2 Å². The van der Waals surface area contributed by atoms with E-state index in [1.54, 1.807) is 4.90 Å². The second-order valence-electron chi connectivity index (χ2n) is 4.89. The van der Waals surface area contributed by atoms with Gasteiger partial charge in [0.1, 0.15) is 10.7 Å². The van der Waals surface area contributed by atoms with Crippen LogP contribution in [0.1, 0.15) is 19.8 Å². The third-order valence-electron chi connectivity index (χ3n) is 3.29. The number of hydrogen-bond acceptors (Lipinski definition) is 5. The second-order valence-corrected chi connectivity index (χ2v) is 5.33. The van der Waals surface area contributed by atoms with E-state index in [2.05, 4.69) is 10.5 Å². The Kier molecular flexibility index (Phi) is 5.71. The van der Waals surface area contributed by atoms with Gasteiger partial charge < -0.3 is 15.4 Å². The zero-order valence-electron chi connectivity index (χ0n) is 12.5. The summed E-state index contributed by atoms with van der Waals surface area (Å²) in [6.07, 6.45) is 2.01. The molecule has 1 amide bonds. The zero-order valence-corrected chi connectivity index (χ0v) is 13.4. The molecule has 0 radical (unpaired) electrons. The maximum Gasteiger partial charge on any atom is 0.277 e. The summed E-state index contributed by atoms with van der Waals surface area (Å²) >= 11 is 4.94. The van der Waals surface area contributed by atoms with Crippen molar-refractivity contribution in [3.63, 3.8) is 0 Å². The largest absolute Gasteiger partial charge is 0.494 e. The Morgan fingerprint density at radius 1 is 1.36 bits per heavy atom. The number of nitrogens with zero attached hydrogens (tertiary/aromatic N) is 2. The number of ether oxygens (including phenoxy) is 1. The molecule has 0 saturated carbocycles. The van der Waals surface area contributed by atoms with Crippen LogP contribution in [0.25, 0.3) is 0 Å². The minimum atomic E-state index is -0.219. The van der Waals surface area contributed by atoms with Crippen molar-refractivity contribution < 1.29 is 9.53 Å². The molecule has 118 valence electrons. The number of nitrogens with one attached hydrogen (secondary N) is 1. The monoisotopic (exact) mass is 320 g/mol. The lowest BCUT2D eigenvalue weighted by molar-refractivity contribution is -0.122. The van der Waals surface area contributed by atoms with Crippen LogP contribution in [0.15, 0.2) is 29.4 Å². The number of thiocarbonyl (C=S) groups is 1. The van der Waals surface area contributed by atoms with E-state index in [4.69, 9.17) is 22.7 Å². The number of anilines is 1. The van der Waals surface area contributed by atoms with Gasteiger partial charge in [0.2, 0.25) is 0 Å². The first-order valence-electron chi connectivity index (χ1n) is 7.27. The Morgan fingerprint density at radius 3 is 2.55 bits per heavy atom. The Hall–Kier alpha value is -2.15. The zero-order chi connectivity index (χ0) is 15.9. The maximum atomic E-state index is 12.3. The Labute approximate surface area is 135 Å². The van der Waals surface area contributed by atoms with Gasteiger partial charge in [0.15, 0.2) is 5.71 Å². The fourth-order valence-electron chi connectivity index (χ4n) is 2.19. The third kappa shape index (κ3) is 4.17. The van der Waals surface area contributed by atoms with Gasteiger partial charge in [0.05, 0.1) is 12.3 Å². The van der Waals surface area contributed by atoms with Crippen LogP contribution in [0.3, 0.4) is 0 Å². The van der Waals surface area contributed by atoms with Crippen molar-refractivity contribution in [1.82, 2.24) is 4.90 Å². The number of rotatable bonds is 6. The summed E-state index contributed by atoms with van der Waals surface area (Å²) < 4.78 is 5.37. The lowest BCUT2D eigenvalue weighted by Gasteiger charge is -2.16. The number of likely N-dealkylation sites (tertiary alicyclic amines) is 1.